The number of hydrogen-bond acceptors (Lipinski definition) is 8. The number of nitrogens with one attached hydrogen (secondary N) is 1. The summed E-state index contributed by atoms with van der Waals surface area (Å²) < 4.78 is 9.51. The van der Waals surface area contributed by atoms with Gasteiger partial charge in [-0.05, 0) is 96.6 Å². The van der Waals surface area contributed by atoms with Crippen LogP contribution >= 0.6 is 0 Å². The van der Waals surface area contributed by atoms with Gasteiger partial charge >= 0.3 is 5.97 Å². The summed E-state index contributed by atoms with van der Waals surface area (Å²) in [6.07, 6.45) is 6.60. The van der Waals surface area contributed by atoms with E-state index >= 15 is 0 Å². The summed E-state index contributed by atoms with van der Waals surface area (Å²) in [5.74, 6) is 0.272. The molecule has 3 aromatic carbocycles. The molecule has 1 atom stereocenters. The average molecular weight is 677 g/mol. The van der Waals surface area contributed by atoms with E-state index in [9.17, 15) is 14.7 Å². The van der Waals surface area contributed by atoms with E-state index in [-0.39, 0.29) is 35.4 Å². The third-order valence-corrected chi connectivity index (χ3v) is 9.09. The van der Waals surface area contributed by atoms with Gasteiger partial charge in [0, 0.05) is 29.8 Å². The Morgan fingerprint density at radius 1 is 0.980 bits per heavy atom. The number of nitrogen functional groups attached to an aromatic ring is 1. The average Bonchev–Trinajstić information content (AvgIpc) is 3.91. The van der Waals surface area contributed by atoms with E-state index in [0.29, 0.717) is 35.1 Å². The number of aryl methyl sites for hydroxylation is 2. The molecule has 0 saturated carbocycles. The molecule has 0 bridgehead atoms. The molecule has 4 N–H and O–H groups in total. The minimum Gasteiger partial charge on any atom is -0.488 e. The van der Waals surface area contributed by atoms with Crippen LogP contribution in [0.3, 0.4) is 0 Å². The van der Waals surface area contributed by atoms with Crippen molar-refractivity contribution in [3.8, 4) is 28.6 Å². The van der Waals surface area contributed by atoms with Gasteiger partial charge in [0.05, 0.1) is 11.6 Å². The number of ether oxygens (including phenoxy) is 1. The van der Waals surface area contributed by atoms with Crippen molar-refractivity contribution in [1.82, 2.24) is 34.6 Å². The van der Waals surface area contributed by atoms with Gasteiger partial charge in [-0.2, -0.15) is 5.10 Å². The lowest BCUT2D eigenvalue weighted by molar-refractivity contribution is 0.0691. The van der Waals surface area contributed by atoms with Crippen LogP contribution < -0.4 is 15.8 Å². The summed E-state index contributed by atoms with van der Waals surface area (Å²) in [5.41, 5.74) is 13.3. The quantitative estimate of drug-likeness (QED) is 0.160. The number of rotatable bonds is 9. The molecule has 4 aromatic heterocycles. The number of anilines is 1. The van der Waals surface area contributed by atoms with Gasteiger partial charge in [-0.15, -0.1) is 0 Å². The molecule has 0 aliphatic heterocycles. The predicted molar refractivity (Wildman–Crippen MR) is 191 cm³/mol. The number of amides is 1. The molecule has 1 amide bonds. The molecule has 12 nitrogen and oxygen atoms in total. The zero-order chi connectivity index (χ0) is 35.1. The highest BCUT2D eigenvalue weighted by Crippen LogP contribution is 2.37. The smallest absolute Gasteiger partial charge is 0.339 e. The first-order valence-corrected chi connectivity index (χ1v) is 16.4. The fraction of sp³-hybridized carbons (Fsp3) is 0.128. The van der Waals surface area contributed by atoms with Crippen LogP contribution in [0.5, 0.6) is 5.75 Å². The van der Waals surface area contributed by atoms with E-state index in [1.807, 2.05) is 84.4 Å². The normalized spacial score (nSPS) is 13.6. The van der Waals surface area contributed by atoms with Gasteiger partial charge in [0.25, 0.3) is 5.91 Å². The van der Waals surface area contributed by atoms with E-state index in [2.05, 4.69) is 21.5 Å². The van der Waals surface area contributed by atoms with Gasteiger partial charge in [-0.1, -0.05) is 36.4 Å². The number of nitrogens with two attached hydrogens (primary N) is 1. The zero-order valence-corrected chi connectivity index (χ0v) is 27.5. The van der Waals surface area contributed by atoms with Gasteiger partial charge in [0.2, 0.25) is 0 Å². The van der Waals surface area contributed by atoms with Crippen LogP contribution in [0.25, 0.3) is 34.1 Å². The predicted octanol–water partition coefficient (Wildman–Crippen LogP) is 6.25. The van der Waals surface area contributed by atoms with Crippen molar-refractivity contribution in [2.45, 2.75) is 32.4 Å². The minimum atomic E-state index is -1.17. The highest BCUT2D eigenvalue weighted by Gasteiger charge is 2.27. The van der Waals surface area contributed by atoms with Gasteiger partial charge in [-0.25, -0.2) is 24.4 Å². The number of carbonyl (C=O) groups is 2. The second-order valence-electron chi connectivity index (χ2n) is 12.4. The third kappa shape index (κ3) is 5.92. The highest BCUT2D eigenvalue weighted by atomic mass is 16.5. The third-order valence-electron chi connectivity index (χ3n) is 9.09. The molecule has 1 aliphatic carbocycles. The van der Waals surface area contributed by atoms with Crippen LogP contribution in [0.4, 0.5) is 5.82 Å². The summed E-state index contributed by atoms with van der Waals surface area (Å²) in [7, 11) is 0. The zero-order valence-electron chi connectivity index (χ0n) is 27.5. The molecule has 7 aromatic rings. The Hall–Kier alpha value is -6.82. The van der Waals surface area contributed by atoms with E-state index < -0.39 is 5.97 Å². The topological polar surface area (TPSA) is 163 Å². The molecule has 0 saturated heterocycles. The molecule has 1 unspecified atom stereocenters. The molecule has 0 spiro atoms. The molecule has 12 heteroatoms. The number of aromatic nitrogens is 6. The number of benzene rings is 3. The van der Waals surface area contributed by atoms with Crippen LogP contribution in [-0.4, -0.2) is 46.3 Å². The summed E-state index contributed by atoms with van der Waals surface area (Å²) in [6.45, 7) is 2.20. The Morgan fingerprint density at radius 3 is 2.63 bits per heavy atom. The van der Waals surface area contributed by atoms with Crippen molar-refractivity contribution in [2.24, 2.45) is 0 Å². The summed E-state index contributed by atoms with van der Waals surface area (Å²) in [5, 5.41) is 17.4. The summed E-state index contributed by atoms with van der Waals surface area (Å²) in [6, 6.07) is 27.3. The van der Waals surface area contributed by atoms with Crippen LogP contribution in [0.15, 0.2) is 110 Å². The molecule has 8 rings (SSSR count). The minimum absolute atomic E-state index is 0.0766. The largest absolute Gasteiger partial charge is 0.488 e. The monoisotopic (exact) mass is 676 g/mol. The Balaban J connectivity index is 1.10. The number of carboxylic acids is 1. The fourth-order valence-electron chi connectivity index (χ4n) is 6.57. The maximum absolute atomic E-state index is 13.5. The first-order chi connectivity index (χ1) is 24.8. The van der Waals surface area contributed by atoms with Crippen LogP contribution in [-0.2, 0) is 13.0 Å². The number of imidazole rings is 1. The fourth-order valence-corrected chi connectivity index (χ4v) is 6.57. The van der Waals surface area contributed by atoms with E-state index in [1.165, 1.54) is 12.1 Å². The van der Waals surface area contributed by atoms with Crippen LogP contribution in [0.2, 0.25) is 0 Å². The maximum Gasteiger partial charge on any atom is 0.339 e. The number of carboxylic acid groups (broad SMARTS) is 1. The highest BCUT2D eigenvalue weighted by molar-refractivity contribution is 5.99. The number of aromatic carboxylic acids is 1. The molecular weight excluding hydrogens is 644 g/mol. The van der Waals surface area contributed by atoms with E-state index in [0.717, 1.165) is 39.9 Å². The molecule has 51 heavy (non-hydrogen) atoms. The number of hydrogen-bond donors (Lipinski definition) is 3. The number of pyridine rings is 2. The van der Waals surface area contributed by atoms with Crippen molar-refractivity contribution in [2.75, 3.05) is 5.73 Å². The molecule has 4 heterocycles. The standard InChI is InChI=1S/C39H32N8O4/c1-23-19-33(46-18-6-17-42-46)44-37-34(23)45-36(29-9-5-16-41-35(29)40)47(37)27-12-13-28-25(20-27)10-14-31(28)43-38(48)26-11-15-32(30(21-26)39(49)50)51-22-24-7-3-2-4-8-24/h2-9,11-13,15-21,31H,10,14,22H2,1H3,(H2,40,41)(H,43,48)(H,49,50). The van der Waals surface area contributed by atoms with E-state index in [1.54, 1.807) is 23.1 Å². The Kier molecular flexibility index (Phi) is 7.95. The van der Waals surface area contributed by atoms with Gasteiger partial charge in [0.15, 0.2) is 17.3 Å². The van der Waals surface area contributed by atoms with Gasteiger partial charge < -0.3 is 20.9 Å². The van der Waals surface area contributed by atoms with Gasteiger partial charge in [0.1, 0.15) is 29.3 Å². The van der Waals surface area contributed by atoms with E-state index in [4.69, 9.17) is 20.4 Å². The molecule has 0 radical (unpaired) electrons. The SMILES string of the molecule is Cc1cc(-n2cccn2)nc2c1nc(-c1cccnc1N)n2-c1ccc2c(c1)CCC2NC(=O)c1ccc(OCc2ccccc2)c(C(=O)O)c1. The van der Waals surface area contributed by atoms with Gasteiger partial charge in [-0.3, -0.25) is 9.36 Å². The summed E-state index contributed by atoms with van der Waals surface area (Å²) in [4.78, 5) is 39.9. The second-order valence-corrected chi connectivity index (χ2v) is 12.4. The van der Waals surface area contributed by atoms with Crippen molar-refractivity contribution < 1.29 is 19.4 Å². The second kappa shape index (κ2) is 12.9. The summed E-state index contributed by atoms with van der Waals surface area (Å²) >= 11 is 0. The molecule has 0 fully saturated rings. The van der Waals surface area contributed by atoms with Crippen LogP contribution in [0.1, 0.15) is 55.4 Å². The Labute approximate surface area is 292 Å². The lowest BCUT2D eigenvalue weighted by atomic mass is 10.1. The Bertz CT molecular complexity index is 2440. The first-order valence-electron chi connectivity index (χ1n) is 16.4. The lowest BCUT2D eigenvalue weighted by Crippen LogP contribution is -2.27. The molecular formula is C39H32N8O4. The molecule has 1 aliphatic rings. The Morgan fingerprint density at radius 2 is 1.84 bits per heavy atom. The van der Waals surface area contributed by atoms with Crippen molar-refractivity contribution in [3.05, 3.63) is 143 Å². The van der Waals surface area contributed by atoms with Crippen molar-refractivity contribution >= 4 is 28.9 Å². The van der Waals surface area contributed by atoms with Crippen molar-refractivity contribution in [3.63, 3.8) is 0 Å². The number of nitrogens with zero attached hydrogens (tertiary/aromatic N) is 6. The lowest BCUT2D eigenvalue weighted by Gasteiger charge is -2.16. The first kappa shape index (κ1) is 31.4. The maximum atomic E-state index is 13.5. The number of carbonyl (C=O) groups excluding carboxylic acids is 1. The van der Waals surface area contributed by atoms with Crippen molar-refractivity contribution in [1.29, 1.82) is 0 Å². The van der Waals surface area contributed by atoms with Crippen LogP contribution in [0, 0.1) is 6.92 Å². The number of fused-ring (bicyclic) bond motifs is 2. The molecule has 252 valence electrons.